The molecule has 0 unspecified atom stereocenters. The molecule has 0 aliphatic rings. The summed E-state index contributed by atoms with van der Waals surface area (Å²) < 4.78 is 1.95. The molecule has 0 spiro atoms. The first kappa shape index (κ1) is 16.1. The van der Waals surface area contributed by atoms with Gasteiger partial charge in [-0.05, 0) is 18.2 Å². The third-order valence-corrected chi connectivity index (χ3v) is 5.10. The van der Waals surface area contributed by atoms with Gasteiger partial charge in [0, 0.05) is 18.1 Å². The lowest BCUT2D eigenvalue weighted by atomic mass is 10.3. The maximum Gasteiger partial charge on any atom is 0.233 e. The molecule has 0 N–H and O–H groups in total. The Hall–Kier alpha value is -1.30. The van der Waals surface area contributed by atoms with E-state index in [0.717, 1.165) is 14.6 Å². The van der Waals surface area contributed by atoms with Crippen LogP contribution in [0.4, 0.5) is 0 Å². The van der Waals surface area contributed by atoms with Crippen molar-refractivity contribution in [2.45, 2.75) is 4.34 Å². The molecule has 0 saturated carbocycles. The van der Waals surface area contributed by atoms with Crippen molar-refractivity contribution in [2.75, 3.05) is 18.8 Å². The predicted octanol–water partition coefficient (Wildman–Crippen LogP) is 4.24. The maximum atomic E-state index is 12.1. The van der Waals surface area contributed by atoms with Crippen LogP contribution in [-0.2, 0) is 4.79 Å². The Labute approximate surface area is 137 Å². The monoisotopic (exact) mass is 338 g/mol. The Morgan fingerprint density at radius 1 is 1.38 bits per heavy atom. The van der Waals surface area contributed by atoms with Gasteiger partial charge < -0.3 is 4.90 Å². The van der Waals surface area contributed by atoms with Crippen molar-refractivity contribution in [1.29, 1.82) is 0 Å². The van der Waals surface area contributed by atoms with E-state index in [-0.39, 0.29) is 5.91 Å². The fourth-order valence-corrected chi connectivity index (χ4v) is 3.86. The van der Waals surface area contributed by atoms with Crippen molar-refractivity contribution in [3.8, 4) is 0 Å². The van der Waals surface area contributed by atoms with Gasteiger partial charge in [0.15, 0.2) is 4.34 Å². The van der Waals surface area contributed by atoms with Gasteiger partial charge in [0.05, 0.1) is 16.0 Å². The number of thiazole rings is 1. The van der Waals surface area contributed by atoms with Crippen LogP contribution in [0, 0.1) is 0 Å². The summed E-state index contributed by atoms with van der Waals surface area (Å²) in [7, 11) is 0. The molecule has 6 heteroatoms. The van der Waals surface area contributed by atoms with Crippen molar-refractivity contribution >= 4 is 50.8 Å². The van der Waals surface area contributed by atoms with Gasteiger partial charge in [-0.25, -0.2) is 4.98 Å². The molecule has 1 aromatic carbocycles. The van der Waals surface area contributed by atoms with Crippen molar-refractivity contribution in [1.82, 2.24) is 9.88 Å². The summed E-state index contributed by atoms with van der Waals surface area (Å²) in [5.41, 5.74) is 0.872. The minimum Gasteiger partial charge on any atom is -0.335 e. The maximum absolute atomic E-state index is 12.1. The standard InChI is InChI=1S/C15H15ClN2OS2/c1-3-7-18(8-4-2)14(19)10-20-15-17-12-9-11(16)5-6-13(12)21-15/h3-6,9H,1-2,7-8,10H2. The first-order valence-electron chi connectivity index (χ1n) is 6.32. The summed E-state index contributed by atoms with van der Waals surface area (Å²) in [4.78, 5) is 18.3. The molecule has 0 radical (unpaired) electrons. The molecule has 1 heterocycles. The van der Waals surface area contributed by atoms with Gasteiger partial charge in [-0.2, -0.15) is 0 Å². The van der Waals surface area contributed by atoms with E-state index in [2.05, 4.69) is 18.1 Å². The van der Waals surface area contributed by atoms with Gasteiger partial charge in [-0.15, -0.1) is 24.5 Å². The number of hydrogen-bond donors (Lipinski definition) is 0. The van der Waals surface area contributed by atoms with E-state index in [1.165, 1.54) is 11.8 Å². The third-order valence-electron chi connectivity index (χ3n) is 2.70. The Kier molecular flexibility index (Phi) is 5.85. The topological polar surface area (TPSA) is 33.2 Å². The molecule has 0 saturated heterocycles. The van der Waals surface area contributed by atoms with Gasteiger partial charge >= 0.3 is 0 Å². The molecule has 0 atom stereocenters. The molecule has 110 valence electrons. The lowest BCUT2D eigenvalue weighted by Crippen LogP contribution is -2.32. The van der Waals surface area contributed by atoms with Crippen LogP contribution in [0.25, 0.3) is 10.2 Å². The Morgan fingerprint density at radius 2 is 2.10 bits per heavy atom. The largest absolute Gasteiger partial charge is 0.335 e. The third kappa shape index (κ3) is 4.33. The Balaban J connectivity index is 2.01. The predicted molar refractivity (Wildman–Crippen MR) is 92.3 cm³/mol. The number of hydrogen-bond acceptors (Lipinski definition) is 4. The second kappa shape index (κ2) is 7.64. The van der Waals surface area contributed by atoms with Crippen LogP contribution in [-0.4, -0.2) is 34.6 Å². The molecule has 0 bridgehead atoms. The van der Waals surface area contributed by atoms with E-state index >= 15 is 0 Å². The molecule has 2 rings (SSSR count). The highest BCUT2D eigenvalue weighted by molar-refractivity contribution is 8.01. The van der Waals surface area contributed by atoms with Crippen LogP contribution in [0.1, 0.15) is 0 Å². The SMILES string of the molecule is C=CCN(CC=C)C(=O)CSc1nc2cc(Cl)ccc2s1. The highest BCUT2D eigenvalue weighted by Gasteiger charge is 2.13. The number of aromatic nitrogens is 1. The van der Waals surface area contributed by atoms with E-state index in [1.807, 2.05) is 18.2 Å². The summed E-state index contributed by atoms with van der Waals surface area (Å²) in [5, 5.41) is 0.670. The molecule has 3 nitrogen and oxygen atoms in total. The Morgan fingerprint density at radius 3 is 2.76 bits per heavy atom. The smallest absolute Gasteiger partial charge is 0.233 e. The van der Waals surface area contributed by atoms with Gasteiger partial charge in [0.1, 0.15) is 0 Å². The molecule has 0 aliphatic carbocycles. The first-order valence-corrected chi connectivity index (χ1v) is 8.50. The zero-order chi connectivity index (χ0) is 15.2. The lowest BCUT2D eigenvalue weighted by molar-refractivity contribution is -0.127. The van der Waals surface area contributed by atoms with Gasteiger partial charge in [0.2, 0.25) is 5.91 Å². The summed E-state index contributed by atoms with van der Waals surface area (Å²) in [6.07, 6.45) is 3.43. The average molecular weight is 339 g/mol. The number of carbonyl (C=O) groups excluding carboxylic acids is 1. The van der Waals surface area contributed by atoms with E-state index in [9.17, 15) is 4.79 Å². The number of carbonyl (C=O) groups is 1. The number of halogens is 1. The van der Waals surface area contributed by atoms with Crippen LogP contribution in [0.15, 0.2) is 47.8 Å². The minimum absolute atomic E-state index is 0.0529. The zero-order valence-corrected chi connectivity index (χ0v) is 13.8. The number of rotatable bonds is 7. The van der Waals surface area contributed by atoms with Crippen LogP contribution < -0.4 is 0 Å². The van der Waals surface area contributed by atoms with E-state index < -0.39 is 0 Å². The Bertz CT molecular complexity index is 659. The van der Waals surface area contributed by atoms with Crippen molar-refractivity contribution in [3.63, 3.8) is 0 Å². The van der Waals surface area contributed by atoms with Crippen molar-refractivity contribution in [2.24, 2.45) is 0 Å². The summed E-state index contributed by atoms with van der Waals surface area (Å²) >= 11 is 8.96. The molecule has 0 aliphatic heterocycles. The molecule has 0 fully saturated rings. The summed E-state index contributed by atoms with van der Waals surface area (Å²) in [6, 6.07) is 5.63. The zero-order valence-electron chi connectivity index (χ0n) is 11.4. The fourth-order valence-electron chi connectivity index (χ4n) is 1.75. The first-order chi connectivity index (χ1) is 10.1. The van der Waals surface area contributed by atoms with Crippen LogP contribution in [0.5, 0.6) is 0 Å². The van der Waals surface area contributed by atoms with E-state index in [1.54, 1.807) is 28.4 Å². The highest BCUT2D eigenvalue weighted by atomic mass is 35.5. The molecular formula is C15H15ClN2OS2. The number of nitrogens with zero attached hydrogens (tertiary/aromatic N) is 2. The number of amides is 1. The normalized spacial score (nSPS) is 10.5. The molecule has 1 aromatic heterocycles. The number of benzene rings is 1. The fraction of sp³-hybridized carbons (Fsp3) is 0.200. The van der Waals surface area contributed by atoms with Crippen LogP contribution >= 0.6 is 34.7 Å². The quantitative estimate of drug-likeness (QED) is 0.559. The second-order valence-corrected chi connectivity index (χ2v) is 6.95. The van der Waals surface area contributed by atoms with Crippen LogP contribution in [0.2, 0.25) is 5.02 Å². The number of fused-ring (bicyclic) bond motifs is 1. The molecule has 21 heavy (non-hydrogen) atoms. The average Bonchev–Trinajstić information content (AvgIpc) is 2.86. The molecule has 1 amide bonds. The molecule has 2 aromatic rings. The van der Waals surface area contributed by atoms with Gasteiger partial charge in [0.25, 0.3) is 0 Å². The summed E-state index contributed by atoms with van der Waals surface area (Å²) in [6.45, 7) is 8.38. The van der Waals surface area contributed by atoms with Crippen molar-refractivity contribution < 1.29 is 4.79 Å². The van der Waals surface area contributed by atoms with Crippen molar-refractivity contribution in [3.05, 3.63) is 48.5 Å². The number of thioether (sulfide) groups is 1. The minimum atomic E-state index is 0.0529. The van der Waals surface area contributed by atoms with Gasteiger partial charge in [-0.1, -0.05) is 35.5 Å². The second-order valence-electron chi connectivity index (χ2n) is 4.26. The van der Waals surface area contributed by atoms with E-state index in [0.29, 0.717) is 23.9 Å². The highest BCUT2D eigenvalue weighted by Crippen LogP contribution is 2.31. The van der Waals surface area contributed by atoms with Gasteiger partial charge in [-0.3, -0.25) is 4.79 Å². The van der Waals surface area contributed by atoms with E-state index in [4.69, 9.17) is 11.6 Å². The lowest BCUT2D eigenvalue weighted by Gasteiger charge is -2.18. The summed E-state index contributed by atoms with van der Waals surface area (Å²) in [5.74, 6) is 0.409. The molecular weight excluding hydrogens is 324 g/mol. The van der Waals surface area contributed by atoms with Crippen LogP contribution in [0.3, 0.4) is 0 Å².